The van der Waals surface area contributed by atoms with Crippen LogP contribution in [0.1, 0.15) is 18.9 Å². The fraction of sp³-hybridized carbons (Fsp3) is 0.176. The summed E-state index contributed by atoms with van der Waals surface area (Å²) in [6.45, 7) is 1.89. The van der Waals surface area contributed by atoms with E-state index in [4.69, 9.17) is 15.7 Å². The van der Waals surface area contributed by atoms with Crippen molar-refractivity contribution in [2.75, 3.05) is 5.32 Å². The van der Waals surface area contributed by atoms with Gasteiger partial charge < -0.3 is 15.8 Å². The monoisotopic (exact) mass is 295 g/mol. The number of ether oxygens (including phenoxy) is 1. The van der Waals surface area contributed by atoms with Crippen LogP contribution in [0, 0.1) is 11.3 Å². The third kappa shape index (κ3) is 4.00. The first kappa shape index (κ1) is 15.4. The summed E-state index contributed by atoms with van der Waals surface area (Å²) < 4.78 is 5.73. The van der Waals surface area contributed by atoms with Gasteiger partial charge in [-0.3, -0.25) is 4.79 Å². The molecule has 0 saturated carbocycles. The Morgan fingerprint density at radius 3 is 2.59 bits per heavy atom. The van der Waals surface area contributed by atoms with E-state index >= 15 is 0 Å². The third-order valence-electron chi connectivity index (χ3n) is 3.15. The smallest absolute Gasteiger partial charge is 0.239 e. The van der Waals surface area contributed by atoms with Crippen molar-refractivity contribution in [1.29, 1.82) is 5.26 Å². The van der Waals surface area contributed by atoms with Crippen LogP contribution >= 0.6 is 0 Å². The van der Waals surface area contributed by atoms with E-state index in [9.17, 15) is 4.79 Å². The molecule has 2 rings (SSSR count). The van der Waals surface area contributed by atoms with Crippen LogP contribution in [0.4, 0.5) is 5.69 Å². The van der Waals surface area contributed by atoms with E-state index in [0.29, 0.717) is 23.5 Å². The molecular weight excluding hydrogens is 278 g/mol. The van der Waals surface area contributed by atoms with Crippen molar-refractivity contribution in [3.05, 3.63) is 54.1 Å². The largest absolute Gasteiger partial charge is 0.457 e. The summed E-state index contributed by atoms with van der Waals surface area (Å²) in [6.07, 6.45) is 0.607. The van der Waals surface area contributed by atoms with Gasteiger partial charge in [0.15, 0.2) is 0 Å². The maximum atomic E-state index is 11.3. The van der Waals surface area contributed by atoms with Crippen LogP contribution < -0.4 is 15.8 Å². The number of nitrogens with zero attached hydrogens (tertiary/aromatic N) is 1. The fourth-order valence-corrected chi connectivity index (χ4v) is 1.96. The predicted octanol–water partition coefficient (Wildman–Crippen LogP) is 3.03. The van der Waals surface area contributed by atoms with Gasteiger partial charge in [0.25, 0.3) is 0 Å². The summed E-state index contributed by atoms with van der Waals surface area (Å²) in [6, 6.07) is 15.8. The van der Waals surface area contributed by atoms with Gasteiger partial charge in [0.2, 0.25) is 5.91 Å². The van der Waals surface area contributed by atoms with Crippen LogP contribution in [-0.4, -0.2) is 11.9 Å². The summed E-state index contributed by atoms with van der Waals surface area (Å²) in [5.74, 6) is 0.882. The second-order valence-electron chi connectivity index (χ2n) is 4.77. The molecule has 0 radical (unpaired) electrons. The minimum Gasteiger partial charge on any atom is -0.457 e. The molecule has 5 heteroatoms. The molecule has 5 nitrogen and oxygen atoms in total. The lowest BCUT2D eigenvalue weighted by molar-refractivity contribution is -0.118. The molecule has 2 aromatic rings. The second-order valence-corrected chi connectivity index (χ2v) is 4.77. The first-order valence-corrected chi connectivity index (χ1v) is 6.96. The zero-order chi connectivity index (χ0) is 15.9. The SMILES string of the molecule is CC[C@@H](Nc1cccc(Oc2ccc(C#N)cc2)c1)C(N)=O. The average Bonchev–Trinajstić information content (AvgIpc) is 2.53. The normalized spacial score (nSPS) is 11.3. The van der Waals surface area contributed by atoms with E-state index in [0.717, 1.165) is 5.69 Å². The molecule has 0 heterocycles. The highest BCUT2D eigenvalue weighted by Crippen LogP contribution is 2.24. The Balaban J connectivity index is 2.10. The number of hydrogen-bond acceptors (Lipinski definition) is 4. The topological polar surface area (TPSA) is 88.1 Å². The second kappa shape index (κ2) is 7.14. The Morgan fingerprint density at radius 1 is 1.27 bits per heavy atom. The number of amides is 1. The molecule has 112 valence electrons. The van der Waals surface area contributed by atoms with Crippen molar-refractivity contribution >= 4 is 11.6 Å². The van der Waals surface area contributed by atoms with Gasteiger partial charge in [-0.25, -0.2) is 0 Å². The van der Waals surface area contributed by atoms with Gasteiger partial charge in [-0.2, -0.15) is 5.26 Å². The molecule has 0 unspecified atom stereocenters. The minimum absolute atomic E-state index is 0.388. The number of anilines is 1. The molecule has 1 atom stereocenters. The summed E-state index contributed by atoms with van der Waals surface area (Å²) in [5.41, 5.74) is 6.66. The molecule has 0 aliphatic rings. The Bertz CT molecular complexity index is 690. The van der Waals surface area contributed by atoms with E-state index in [1.807, 2.05) is 25.1 Å². The maximum Gasteiger partial charge on any atom is 0.239 e. The molecule has 0 aliphatic heterocycles. The van der Waals surface area contributed by atoms with E-state index < -0.39 is 6.04 Å². The van der Waals surface area contributed by atoms with Crippen LogP contribution in [0.5, 0.6) is 11.5 Å². The summed E-state index contributed by atoms with van der Waals surface area (Å²) >= 11 is 0. The highest BCUT2D eigenvalue weighted by Gasteiger charge is 2.12. The molecule has 0 spiro atoms. The van der Waals surface area contributed by atoms with Crippen LogP contribution in [-0.2, 0) is 4.79 Å². The average molecular weight is 295 g/mol. The van der Waals surface area contributed by atoms with Crippen molar-refractivity contribution < 1.29 is 9.53 Å². The number of nitrogens with two attached hydrogens (primary N) is 1. The van der Waals surface area contributed by atoms with Crippen molar-refractivity contribution in [3.8, 4) is 17.6 Å². The zero-order valence-corrected chi connectivity index (χ0v) is 12.2. The molecule has 3 N–H and O–H groups in total. The van der Waals surface area contributed by atoms with Gasteiger partial charge >= 0.3 is 0 Å². The van der Waals surface area contributed by atoms with Crippen molar-refractivity contribution in [2.45, 2.75) is 19.4 Å². The maximum absolute atomic E-state index is 11.3. The van der Waals surface area contributed by atoms with Crippen LogP contribution in [0.2, 0.25) is 0 Å². The lowest BCUT2D eigenvalue weighted by atomic mass is 10.2. The van der Waals surface area contributed by atoms with E-state index in [-0.39, 0.29) is 5.91 Å². The fourth-order valence-electron chi connectivity index (χ4n) is 1.96. The Labute approximate surface area is 129 Å². The number of carbonyl (C=O) groups excluding carboxylic acids is 1. The number of hydrogen-bond donors (Lipinski definition) is 2. The number of nitrogens with one attached hydrogen (secondary N) is 1. The summed E-state index contributed by atoms with van der Waals surface area (Å²) in [5, 5.41) is 11.8. The molecule has 0 fully saturated rings. The third-order valence-corrected chi connectivity index (χ3v) is 3.15. The lowest BCUT2D eigenvalue weighted by Gasteiger charge is -2.15. The number of nitriles is 1. The number of carbonyl (C=O) groups is 1. The molecule has 1 amide bonds. The molecule has 0 bridgehead atoms. The number of primary amides is 1. The highest BCUT2D eigenvalue weighted by molar-refractivity contribution is 5.82. The van der Waals surface area contributed by atoms with Gasteiger partial charge in [0, 0.05) is 11.8 Å². The summed E-state index contributed by atoms with van der Waals surface area (Å²) in [7, 11) is 0. The van der Waals surface area contributed by atoms with Crippen LogP contribution in [0.25, 0.3) is 0 Å². The van der Waals surface area contributed by atoms with Crippen LogP contribution in [0.15, 0.2) is 48.5 Å². The molecule has 0 aromatic heterocycles. The van der Waals surface area contributed by atoms with Gasteiger partial charge in [-0.15, -0.1) is 0 Å². The van der Waals surface area contributed by atoms with Gasteiger partial charge in [-0.05, 0) is 42.8 Å². The van der Waals surface area contributed by atoms with Crippen molar-refractivity contribution in [3.63, 3.8) is 0 Å². The Kier molecular flexibility index (Phi) is 4.99. The van der Waals surface area contributed by atoms with E-state index in [1.165, 1.54) is 0 Å². The van der Waals surface area contributed by atoms with Gasteiger partial charge in [0.05, 0.1) is 11.6 Å². The molecule has 0 saturated heterocycles. The predicted molar refractivity (Wildman–Crippen MR) is 84.6 cm³/mol. The van der Waals surface area contributed by atoms with E-state index in [2.05, 4.69) is 11.4 Å². The lowest BCUT2D eigenvalue weighted by Crippen LogP contribution is -2.34. The number of benzene rings is 2. The first-order valence-electron chi connectivity index (χ1n) is 6.96. The van der Waals surface area contributed by atoms with Crippen LogP contribution in [0.3, 0.4) is 0 Å². The molecule has 22 heavy (non-hydrogen) atoms. The first-order chi connectivity index (χ1) is 10.6. The zero-order valence-electron chi connectivity index (χ0n) is 12.2. The standard InChI is InChI=1S/C17H17N3O2/c1-2-16(17(19)21)20-13-4-3-5-15(10-13)22-14-8-6-12(11-18)7-9-14/h3-10,16,20H,2H2,1H3,(H2,19,21)/t16-/m1/s1. The molecular formula is C17H17N3O2. The Hall–Kier alpha value is -3.00. The Morgan fingerprint density at radius 2 is 2.00 bits per heavy atom. The highest BCUT2D eigenvalue weighted by atomic mass is 16.5. The number of rotatable bonds is 6. The van der Waals surface area contributed by atoms with Crippen molar-refractivity contribution in [2.24, 2.45) is 5.73 Å². The summed E-state index contributed by atoms with van der Waals surface area (Å²) in [4.78, 5) is 11.3. The quantitative estimate of drug-likeness (QED) is 0.857. The molecule has 0 aliphatic carbocycles. The molecule has 2 aromatic carbocycles. The minimum atomic E-state index is -0.412. The van der Waals surface area contributed by atoms with E-state index in [1.54, 1.807) is 30.3 Å². The van der Waals surface area contributed by atoms with Gasteiger partial charge in [0.1, 0.15) is 17.5 Å². The van der Waals surface area contributed by atoms with Gasteiger partial charge in [-0.1, -0.05) is 13.0 Å². The van der Waals surface area contributed by atoms with Crippen molar-refractivity contribution in [1.82, 2.24) is 0 Å².